The first-order valence-corrected chi connectivity index (χ1v) is 4.24. The van der Waals surface area contributed by atoms with Crippen molar-refractivity contribution in [3.63, 3.8) is 0 Å². The van der Waals surface area contributed by atoms with Crippen LogP contribution >= 0.6 is 0 Å². The van der Waals surface area contributed by atoms with Gasteiger partial charge in [-0.2, -0.15) is 0 Å². The number of rotatable bonds is 4. The number of aliphatic carboxylic acids is 2. The summed E-state index contributed by atoms with van der Waals surface area (Å²) in [7, 11) is 0. The van der Waals surface area contributed by atoms with E-state index in [4.69, 9.17) is 15.3 Å². The predicted octanol–water partition coefficient (Wildman–Crippen LogP) is 0.720. The largest absolute Gasteiger partial charge is 0.508 e. The van der Waals surface area contributed by atoms with Gasteiger partial charge in [0.2, 0.25) is 0 Å². The molecule has 80 valence electrons. The minimum Gasteiger partial charge on any atom is -0.508 e. The van der Waals surface area contributed by atoms with Crippen LogP contribution in [0, 0.1) is 5.92 Å². The zero-order chi connectivity index (χ0) is 11.4. The van der Waals surface area contributed by atoms with Crippen molar-refractivity contribution < 1.29 is 24.9 Å². The van der Waals surface area contributed by atoms with Crippen molar-refractivity contribution in [3.8, 4) is 5.75 Å². The first kappa shape index (κ1) is 11.0. The molecule has 0 amide bonds. The van der Waals surface area contributed by atoms with Crippen LogP contribution in [0.2, 0.25) is 0 Å². The highest BCUT2D eigenvalue weighted by atomic mass is 16.4. The van der Waals surface area contributed by atoms with E-state index in [9.17, 15) is 9.59 Å². The zero-order valence-corrected chi connectivity index (χ0v) is 7.75. The Bertz CT molecular complexity index is 354. The van der Waals surface area contributed by atoms with E-state index in [1.165, 1.54) is 24.3 Å². The van der Waals surface area contributed by atoms with Crippen molar-refractivity contribution in [3.05, 3.63) is 29.8 Å². The van der Waals surface area contributed by atoms with E-state index in [0.717, 1.165) is 0 Å². The van der Waals surface area contributed by atoms with Crippen LogP contribution in [0.4, 0.5) is 0 Å². The fraction of sp³-hybridized carbons (Fsp3) is 0.200. The molecule has 0 unspecified atom stereocenters. The molecule has 0 aliphatic heterocycles. The monoisotopic (exact) mass is 210 g/mol. The third-order valence-corrected chi connectivity index (χ3v) is 1.97. The highest BCUT2D eigenvalue weighted by Gasteiger charge is 2.25. The second kappa shape index (κ2) is 4.45. The first-order chi connectivity index (χ1) is 7.00. The van der Waals surface area contributed by atoms with E-state index in [-0.39, 0.29) is 12.2 Å². The van der Waals surface area contributed by atoms with Crippen LogP contribution in [0.15, 0.2) is 24.3 Å². The highest BCUT2D eigenvalue weighted by Crippen LogP contribution is 2.14. The SMILES string of the molecule is O=C(O)C(Cc1ccc(O)cc1)C(=O)O. The van der Waals surface area contributed by atoms with Gasteiger partial charge in [0.15, 0.2) is 5.92 Å². The van der Waals surface area contributed by atoms with E-state index in [0.29, 0.717) is 5.56 Å². The van der Waals surface area contributed by atoms with Gasteiger partial charge in [-0.25, -0.2) is 0 Å². The quantitative estimate of drug-likeness (QED) is 0.636. The van der Waals surface area contributed by atoms with E-state index in [1.54, 1.807) is 0 Å². The molecule has 1 rings (SSSR count). The van der Waals surface area contributed by atoms with Crippen molar-refractivity contribution in [1.29, 1.82) is 0 Å². The molecule has 5 heteroatoms. The van der Waals surface area contributed by atoms with Gasteiger partial charge in [-0.3, -0.25) is 9.59 Å². The molecule has 0 fully saturated rings. The van der Waals surface area contributed by atoms with Gasteiger partial charge < -0.3 is 15.3 Å². The summed E-state index contributed by atoms with van der Waals surface area (Å²) in [6, 6.07) is 5.76. The first-order valence-electron chi connectivity index (χ1n) is 4.24. The van der Waals surface area contributed by atoms with Gasteiger partial charge in [-0.05, 0) is 24.1 Å². The summed E-state index contributed by atoms with van der Waals surface area (Å²) < 4.78 is 0. The molecule has 0 saturated carbocycles. The Morgan fingerprint density at radius 3 is 1.93 bits per heavy atom. The summed E-state index contributed by atoms with van der Waals surface area (Å²) in [5.74, 6) is -4.12. The molecule has 15 heavy (non-hydrogen) atoms. The highest BCUT2D eigenvalue weighted by molar-refractivity contribution is 5.93. The predicted molar refractivity (Wildman–Crippen MR) is 50.6 cm³/mol. The molecule has 0 aliphatic carbocycles. The number of carboxylic acid groups (broad SMARTS) is 2. The lowest BCUT2D eigenvalue weighted by molar-refractivity contribution is -0.154. The maximum absolute atomic E-state index is 10.6. The summed E-state index contributed by atoms with van der Waals surface area (Å²) in [6.45, 7) is 0. The molecule has 3 N–H and O–H groups in total. The number of carbonyl (C=O) groups is 2. The summed E-state index contributed by atoms with van der Waals surface area (Å²) in [4.78, 5) is 21.2. The maximum Gasteiger partial charge on any atom is 0.318 e. The fourth-order valence-electron chi connectivity index (χ4n) is 1.15. The van der Waals surface area contributed by atoms with E-state index >= 15 is 0 Å². The van der Waals surface area contributed by atoms with Crippen molar-refractivity contribution in [1.82, 2.24) is 0 Å². The van der Waals surface area contributed by atoms with Crippen LogP contribution in [0.25, 0.3) is 0 Å². The molecule has 0 heterocycles. The van der Waals surface area contributed by atoms with Crippen LogP contribution < -0.4 is 0 Å². The zero-order valence-electron chi connectivity index (χ0n) is 7.75. The van der Waals surface area contributed by atoms with Gasteiger partial charge in [0.25, 0.3) is 0 Å². The van der Waals surface area contributed by atoms with E-state index < -0.39 is 17.9 Å². The lowest BCUT2D eigenvalue weighted by atomic mass is 10.00. The topological polar surface area (TPSA) is 94.8 Å². The summed E-state index contributed by atoms with van der Waals surface area (Å²) >= 11 is 0. The van der Waals surface area contributed by atoms with Crippen LogP contribution in [0.1, 0.15) is 5.56 Å². The molecule has 1 aromatic carbocycles. The van der Waals surface area contributed by atoms with E-state index in [1.807, 2.05) is 0 Å². The number of hydrogen-bond acceptors (Lipinski definition) is 3. The lowest BCUT2D eigenvalue weighted by Crippen LogP contribution is -2.25. The maximum atomic E-state index is 10.6. The van der Waals surface area contributed by atoms with Gasteiger partial charge >= 0.3 is 11.9 Å². The lowest BCUT2D eigenvalue weighted by Gasteiger charge is -2.06. The molecule has 0 bridgehead atoms. The molecule has 0 radical (unpaired) electrons. The molecule has 5 nitrogen and oxygen atoms in total. The standard InChI is InChI=1S/C10H10O5/c11-7-3-1-6(2-4-7)5-8(9(12)13)10(14)15/h1-4,8,11H,5H2,(H,12,13)(H,14,15). The second-order valence-corrected chi connectivity index (χ2v) is 3.10. The average Bonchev–Trinajstić information content (AvgIpc) is 2.15. The number of phenolic OH excluding ortho intramolecular Hbond substituents is 1. The van der Waals surface area contributed by atoms with Crippen LogP contribution in [0.5, 0.6) is 5.75 Å². The summed E-state index contributed by atoms with van der Waals surface area (Å²) in [5, 5.41) is 26.2. The average molecular weight is 210 g/mol. The minimum atomic E-state index is -1.45. The molecular weight excluding hydrogens is 200 g/mol. The van der Waals surface area contributed by atoms with Crippen LogP contribution in [0.3, 0.4) is 0 Å². The van der Waals surface area contributed by atoms with Gasteiger partial charge in [0, 0.05) is 0 Å². The van der Waals surface area contributed by atoms with Crippen LogP contribution in [-0.4, -0.2) is 27.3 Å². The Morgan fingerprint density at radius 1 is 1.07 bits per heavy atom. The Balaban J connectivity index is 2.79. The molecule has 0 atom stereocenters. The third kappa shape index (κ3) is 2.98. The van der Waals surface area contributed by atoms with Gasteiger partial charge in [-0.1, -0.05) is 12.1 Å². The smallest absolute Gasteiger partial charge is 0.318 e. The Morgan fingerprint density at radius 2 is 1.53 bits per heavy atom. The number of aromatic hydroxyl groups is 1. The molecular formula is C10H10O5. The van der Waals surface area contributed by atoms with Crippen LogP contribution in [-0.2, 0) is 16.0 Å². The molecule has 0 spiro atoms. The van der Waals surface area contributed by atoms with Gasteiger partial charge in [0.1, 0.15) is 5.75 Å². The third-order valence-electron chi connectivity index (χ3n) is 1.97. The van der Waals surface area contributed by atoms with Crippen molar-refractivity contribution in [2.75, 3.05) is 0 Å². The molecule has 0 aliphatic rings. The van der Waals surface area contributed by atoms with Crippen molar-refractivity contribution in [2.45, 2.75) is 6.42 Å². The summed E-state index contributed by atoms with van der Waals surface area (Å²) in [5.41, 5.74) is 0.558. The Labute approximate surface area is 85.6 Å². The minimum absolute atomic E-state index is 0.0564. The summed E-state index contributed by atoms with van der Waals surface area (Å²) in [6.07, 6.45) is -0.0923. The Hall–Kier alpha value is -2.04. The van der Waals surface area contributed by atoms with Gasteiger partial charge in [-0.15, -0.1) is 0 Å². The number of carboxylic acids is 2. The van der Waals surface area contributed by atoms with Crippen molar-refractivity contribution in [2.24, 2.45) is 5.92 Å². The number of benzene rings is 1. The molecule has 0 saturated heterocycles. The van der Waals surface area contributed by atoms with Gasteiger partial charge in [0.05, 0.1) is 0 Å². The Kier molecular flexibility index (Phi) is 3.28. The molecule has 0 aromatic heterocycles. The molecule has 1 aromatic rings. The normalized spacial score (nSPS) is 10.2. The number of hydrogen-bond donors (Lipinski definition) is 3. The van der Waals surface area contributed by atoms with E-state index in [2.05, 4.69) is 0 Å². The second-order valence-electron chi connectivity index (χ2n) is 3.10. The fourth-order valence-corrected chi connectivity index (χ4v) is 1.15. The number of phenols is 1. The van der Waals surface area contributed by atoms with Crippen molar-refractivity contribution >= 4 is 11.9 Å².